The van der Waals surface area contributed by atoms with Gasteiger partial charge in [0, 0.05) is 29.2 Å². The van der Waals surface area contributed by atoms with Crippen LogP contribution in [0.15, 0.2) is 35.4 Å². The normalized spacial score (nSPS) is 18.1. The molecule has 4 heterocycles. The molecule has 3 aromatic heterocycles. The van der Waals surface area contributed by atoms with E-state index in [4.69, 9.17) is 4.98 Å². The molecule has 5 nitrogen and oxygen atoms in total. The van der Waals surface area contributed by atoms with E-state index in [1.54, 1.807) is 22.7 Å². The summed E-state index contributed by atoms with van der Waals surface area (Å²) in [6.07, 6.45) is 6.23. The summed E-state index contributed by atoms with van der Waals surface area (Å²) in [4.78, 5) is 17.2. The molecular formula is C17H19N5S2. The largest absolute Gasteiger partial charge is 0.316 e. The maximum Gasteiger partial charge on any atom is 0.188 e. The van der Waals surface area contributed by atoms with Crippen LogP contribution < -0.4 is 5.32 Å². The highest BCUT2D eigenvalue weighted by Gasteiger charge is 2.28. The van der Waals surface area contributed by atoms with Gasteiger partial charge in [0.05, 0.1) is 17.2 Å². The maximum atomic E-state index is 4.80. The van der Waals surface area contributed by atoms with Gasteiger partial charge in [0.25, 0.3) is 0 Å². The van der Waals surface area contributed by atoms with Gasteiger partial charge < -0.3 is 5.32 Å². The zero-order valence-corrected chi connectivity index (χ0v) is 15.1. The molecule has 1 unspecified atom stereocenters. The highest BCUT2D eigenvalue weighted by atomic mass is 32.1. The molecule has 1 fully saturated rings. The summed E-state index contributed by atoms with van der Waals surface area (Å²) >= 11 is 3.37. The third kappa shape index (κ3) is 3.48. The smallest absolute Gasteiger partial charge is 0.188 e. The Balaban J connectivity index is 1.46. The molecule has 1 aliphatic heterocycles. The maximum absolute atomic E-state index is 4.80. The van der Waals surface area contributed by atoms with Crippen LogP contribution in [0, 0.1) is 6.92 Å². The van der Waals surface area contributed by atoms with Crippen molar-refractivity contribution in [3.63, 3.8) is 0 Å². The Kier molecular flexibility index (Phi) is 4.55. The lowest BCUT2D eigenvalue weighted by molar-refractivity contribution is 0.247. The third-order valence-electron chi connectivity index (χ3n) is 4.22. The summed E-state index contributed by atoms with van der Waals surface area (Å²) in [5, 5.41) is 6.39. The molecular weight excluding hydrogens is 338 g/mol. The zero-order valence-electron chi connectivity index (χ0n) is 13.5. The van der Waals surface area contributed by atoms with Crippen molar-refractivity contribution >= 4 is 33.6 Å². The monoisotopic (exact) mass is 357 g/mol. The highest BCUT2D eigenvalue weighted by molar-refractivity contribution is 7.13. The Morgan fingerprint density at radius 1 is 1.29 bits per heavy atom. The van der Waals surface area contributed by atoms with Crippen LogP contribution in [0.25, 0.3) is 0 Å². The van der Waals surface area contributed by atoms with Crippen LogP contribution in [-0.4, -0.2) is 26.4 Å². The minimum atomic E-state index is 0.407. The molecule has 124 valence electrons. The Labute approximate surface area is 149 Å². The molecule has 0 aliphatic carbocycles. The second kappa shape index (κ2) is 6.96. The Morgan fingerprint density at radius 2 is 2.25 bits per heavy atom. The van der Waals surface area contributed by atoms with Crippen LogP contribution in [0.2, 0.25) is 0 Å². The number of nitrogens with one attached hydrogen (secondary N) is 1. The molecule has 4 rings (SSSR count). The van der Waals surface area contributed by atoms with Crippen molar-refractivity contribution in [1.82, 2.24) is 19.9 Å². The average molecular weight is 358 g/mol. The Hall–Kier alpha value is -1.83. The van der Waals surface area contributed by atoms with Crippen LogP contribution in [0.1, 0.15) is 35.0 Å². The first kappa shape index (κ1) is 15.7. The first-order chi connectivity index (χ1) is 11.8. The topological polar surface area (TPSA) is 53.9 Å². The minimum absolute atomic E-state index is 0.407. The third-order valence-corrected chi connectivity index (χ3v) is 5.76. The van der Waals surface area contributed by atoms with Crippen LogP contribution in [0.4, 0.5) is 10.9 Å². The fourth-order valence-corrected chi connectivity index (χ4v) is 4.40. The quantitative estimate of drug-likeness (QED) is 0.734. The molecule has 1 saturated heterocycles. The van der Waals surface area contributed by atoms with E-state index in [0.717, 1.165) is 35.3 Å². The van der Waals surface area contributed by atoms with E-state index in [-0.39, 0.29) is 0 Å². The molecule has 1 N–H and O–H groups in total. The Morgan fingerprint density at radius 3 is 3.04 bits per heavy atom. The molecule has 1 atom stereocenters. The van der Waals surface area contributed by atoms with Crippen LogP contribution >= 0.6 is 22.7 Å². The number of aryl methyl sites for hydroxylation is 1. The molecule has 0 bridgehead atoms. The van der Waals surface area contributed by atoms with Gasteiger partial charge in [-0.15, -0.1) is 22.7 Å². The summed E-state index contributed by atoms with van der Waals surface area (Å²) in [5.74, 6) is 0.842. The number of aromatic nitrogens is 3. The van der Waals surface area contributed by atoms with Gasteiger partial charge >= 0.3 is 0 Å². The summed E-state index contributed by atoms with van der Waals surface area (Å²) in [6, 6.07) is 4.45. The summed E-state index contributed by atoms with van der Waals surface area (Å²) in [5.41, 5.74) is 4.22. The molecule has 0 aromatic carbocycles. The average Bonchev–Trinajstić information content (AvgIpc) is 3.32. The number of anilines is 2. The number of nitrogens with zero attached hydrogens (tertiary/aromatic N) is 4. The number of hydrogen-bond donors (Lipinski definition) is 1. The molecule has 0 amide bonds. The van der Waals surface area contributed by atoms with Crippen molar-refractivity contribution in [2.24, 2.45) is 0 Å². The van der Waals surface area contributed by atoms with E-state index in [1.807, 2.05) is 30.9 Å². The standard InChI is InChI=1S/C17H19N5S2/c1-12-4-5-16(19-7-12)21-17-20-14(10-23-17)15-3-2-6-22(15)9-13-8-18-11-24-13/h4-5,7-8,10-11,15H,2-3,6,9H2,1H3,(H,19,20,21). The van der Waals surface area contributed by atoms with Gasteiger partial charge in [0.2, 0.25) is 0 Å². The number of thiazole rings is 2. The second-order valence-corrected chi connectivity index (χ2v) is 7.85. The van der Waals surface area contributed by atoms with E-state index in [9.17, 15) is 0 Å². The lowest BCUT2D eigenvalue weighted by atomic mass is 10.2. The molecule has 3 aromatic rings. The van der Waals surface area contributed by atoms with Gasteiger partial charge in [-0.05, 0) is 37.9 Å². The molecule has 0 saturated carbocycles. The lowest BCUT2D eigenvalue weighted by Crippen LogP contribution is -2.22. The van der Waals surface area contributed by atoms with Crippen molar-refractivity contribution < 1.29 is 0 Å². The van der Waals surface area contributed by atoms with E-state index < -0.39 is 0 Å². The van der Waals surface area contributed by atoms with Crippen molar-refractivity contribution in [3.05, 3.63) is 51.6 Å². The first-order valence-electron chi connectivity index (χ1n) is 8.04. The van der Waals surface area contributed by atoms with Crippen molar-refractivity contribution in [1.29, 1.82) is 0 Å². The summed E-state index contributed by atoms with van der Waals surface area (Å²) in [7, 11) is 0. The number of likely N-dealkylation sites (tertiary alicyclic amines) is 1. The van der Waals surface area contributed by atoms with Crippen LogP contribution in [0.3, 0.4) is 0 Å². The highest BCUT2D eigenvalue weighted by Crippen LogP contribution is 2.35. The minimum Gasteiger partial charge on any atom is -0.316 e. The summed E-state index contributed by atoms with van der Waals surface area (Å²) < 4.78 is 0. The van der Waals surface area contributed by atoms with Crippen molar-refractivity contribution in [2.75, 3.05) is 11.9 Å². The fourth-order valence-electron chi connectivity index (χ4n) is 3.02. The van der Waals surface area contributed by atoms with Gasteiger partial charge in [-0.25, -0.2) is 9.97 Å². The lowest BCUT2D eigenvalue weighted by Gasteiger charge is -2.22. The van der Waals surface area contributed by atoms with Crippen LogP contribution in [0.5, 0.6) is 0 Å². The molecule has 0 radical (unpaired) electrons. The predicted molar refractivity (Wildman–Crippen MR) is 98.9 cm³/mol. The number of hydrogen-bond acceptors (Lipinski definition) is 7. The zero-order chi connectivity index (χ0) is 16.4. The molecule has 0 spiro atoms. The van der Waals surface area contributed by atoms with Crippen LogP contribution in [-0.2, 0) is 6.54 Å². The SMILES string of the molecule is Cc1ccc(Nc2nc(C3CCCN3Cc3cncs3)cs2)nc1. The Bertz CT molecular complexity index is 782. The molecule has 7 heteroatoms. The van der Waals surface area contributed by atoms with E-state index in [1.165, 1.54) is 17.7 Å². The molecule has 24 heavy (non-hydrogen) atoms. The van der Waals surface area contributed by atoms with Gasteiger partial charge in [-0.2, -0.15) is 0 Å². The van der Waals surface area contributed by atoms with Gasteiger partial charge in [0.15, 0.2) is 5.13 Å². The van der Waals surface area contributed by atoms with Gasteiger partial charge in [-0.3, -0.25) is 9.88 Å². The predicted octanol–water partition coefficient (Wildman–Crippen LogP) is 4.38. The molecule has 1 aliphatic rings. The van der Waals surface area contributed by atoms with E-state index in [2.05, 4.69) is 31.6 Å². The van der Waals surface area contributed by atoms with Gasteiger partial charge in [-0.1, -0.05) is 6.07 Å². The number of pyridine rings is 1. The second-order valence-electron chi connectivity index (χ2n) is 6.02. The fraction of sp³-hybridized carbons (Fsp3) is 0.353. The van der Waals surface area contributed by atoms with E-state index >= 15 is 0 Å². The van der Waals surface area contributed by atoms with E-state index in [0.29, 0.717) is 6.04 Å². The first-order valence-corrected chi connectivity index (χ1v) is 9.80. The summed E-state index contributed by atoms with van der Waals surface area (Å²) in [6.45, 7) is 4.13. The van der Waals surface area contributed by atoms with Gasteiger partial charge in [0.1, 0.15) is 5.82 Å². The number of rotatable bonds is 5. The van der Waals surface area contributed by atoms with Crippen molar-refractivity contribution in [2.45, 2.75) is 32.4 Å². The van der Waals surface area contributed by atoms with Crippen molar-refractivity contribution in [3.8, 4) is 0 Å².